The molecule has 2 aliphatic heterocycles. The fourth-order valence-electron chi connectivity index (χ4n) is 1.83. The van der Waals surface area contributed by atoms with Gasteiger partial charge in [0.2, 0.25) is 0 Å². The van der Waals surface area contributed by atoms with E-state index in [1.54, 1.807) is 0 Å². The molecule has 0 aliphatic carbocycles. The van der Waals surface area contributed by atoms with E-state index in [-0.39, 0.29) is 6.23 Å². The van der Waals surface area contributed by atoms with Crippen molar-refractivity contribution in [3.63, 3.8) is 0 Å². The van der Waals surface area contributed by atoms with Crippen LogP contribution in [0.2, 0.25) is 0 Å². The number of fused-ring (bicyclic) bond motifs is 1. The molecule has 0 radical (unpaired) electrons. The van der Waals surface area contributed by atoms with E-state index in [1.807, 2.05) is 0 Å². The molecule has 2 aliphatic rings. The summed E-state index contributed by atoms with van der Waals surface area (Å²) in [5, 5.41) is 3.03. The highest BCUT2D eigenvalue weighted by Gasteiger charge is 2.47. The Morgan fingerprint density at radius 2 is 2.43 bits per heavy atom. The second kappa shape index (κ2) is 3.72. The summed E-state index contributed by atoms with van der Waals surface area (Å²) in [6.07, 6.45) is 1.30. The van der Waals surface area contributed by atoms with Crippen LogP contribution < -0.4 is 16.8 Å². The van der Waals surface area contributed by atoms with Gasteiger partial charge in [-0.25, -0.2) is 4.99 Å². The van der Waals surface area contributed by atoms with Crippen LogP contribution in [0, 0.1) is 0 Å². The lowest BCUT2D eigenvalue weighted by Crippen LogP contribution is -2.57. The molecule has 0 aromatic heterocycles. The van der Waals surface area contributed by atoms with E-state index in [0.717, 1.165) is 12.8 Å². The molecule has 2 rings (SSSR count). The van der Waals surface area contributed by atoms with Gasteiger partial charge in [0.15, 0.2) is 17.9 Å². The van der Waals surface area contributed by atoms with Crippen molar-refractivity contribution < 1.29 is 9.47 Å². The summed E-state index contributed by atoms with van der Waals surface area (Å²) in [6, 6.07) is 0. The lowest BCUT2D eigenvalue weighted by molar-refractivity contribution is -0.203. The monoisotopic (exact) mass is 200 g/mol. The average molecular weight is 200 g/mol. The first-order valence-electron chi connectivity index (χ1n) is 4.84. The number of nitrogens with one attached hydrogen (secondary N) is 1. The Labute approximate surface area is 82.6 Å². The van der Waals surface area contributed by atoms with Crippen LogP contribution in [0.15, 0.2) is 4.99 Å². The lowest BCUT2D eigenvalue weighted by atomic mass is 10.1. The summed E-state index contributed by atoms with van der Waals surface area (Å²) in [6.45, 7) is 1.75. The fourth-order valence-corrected chi connectivity index (χ4v) is 1.83. The molecule has 6 nitrogen and oxygen atoms in total. The number of aliphatic imine (C=N–C) groups is 1. The molecule has 0 bridgehead atoms. The first-order chi connectivity index (χ1) is 6.77. The van der Waals surface area contributed by atoms with Crippen molar-refractivity contribution in [3.05, 3.63) is 0 Å². The molecule has 0 aromatic carbocycles. The summed E-state index contributed by atoms with van der Waals surface area (Å²) < 4.78 is 11.2. The van der Waals surface area contributed by atoms with Gasteiger partial charge in [-0.1, -0.05) is 0 Å². The zero-order chi connectivity index (χ0) is 10.0. The third kappa shape index (κ3) is 1.56. The van der Waals surface area contributed by atoms with E-state index in [2.05, 4.69) is 10.3 Å². The van der Waals surface area contributed by atoms with Crippen molar-refractivity contribution in [1.82, 2.24) is 5.32 Å². The Balaban J connectivity index is 2.06. The highest BCUT2D eigenvalue weighted by atomic mass is 16.6. The summed E-state index contributed by atoms with van der Waals surface area (Å²) in [5.41, 5.74) is 10.5. The Morgan fingerprint density at radius 1 is 1.57 bits per heavy atom. The predicted molar refractivity (Wildman–Crippen MR) is 51.5 cm³/mol. The molecule has 1 fully saturated rings. The van der Waals surface area contributed by atoms with Crippen LogP contribution in [0.3, 0.4) is 0 Å². The molecule has 1 saturated heterocycles. The van der Waals surface area contributed by atoms with Gasteiger partial charge in [0.1, 0.15) is 0 Å². The minimum absolute atomic E-state index is 0.317. The zero-order valence-electron chi connectivity index (χ0n) is 8.03. The number of hydrogen-bond acceptors (Lipinski definition) is 6. The molecule has 0 saturated carbocycles. The molecule has 80 valence electrons. The number of hydrogen-bond donors (Lipinski definition) is 3. The van der Waals surface area contributed by atoms with Crippen LogP contribution in [0.4, 0.5) is 0 Å². The molecule has 0 amide bonds. The Morgan fingerprint density at radius 3 is 3.21 bits per heavy atom. The second-order valence-corrected chi connectivity index (χ2v) is 3.49. The second-order valence-electron chi connectivity index (χ2n) is 3.49. The van der Waals surface area contributed by atoms with E-state index >= 15 is 0 Å². The molecular weight excluding hydrogens is 184 g/mol. The van der Waals surface area contributed by atoms with Crippen molar-refractivity contribution in [2.75, 3.05) is 19.8 Å². The molecule has 2 atom stereocenters. The highest BCUT2D eigenvalue weighted by molar-refractivity contribution is 5.80. The van der Waals surface area contributed by atoms with Crippen LogP contribution in [-0.4, -0.2) is 37.7 Å². The maximum absolute atomic E-state index is 5.68. The summed E-state index contributed by atoms with van der Waals surface area (Å²) in [7, 11) is 0. The zero-order valence-corrected chi connectivity index (χ0v) is 8.03. The van der Waals surface area contributed by atoms with Gasteiger partial charge in [0, 0.05) is 6.42 Å². The summed E-state index contributed by atoms with van der Waals surface area (Å²) in [4.78, 5) is 4.13. The van der Waals surface area contributed by atoms with E-state index in [9.17, 15) is 0 Å². The maximum Gasteiger partial charge on any atom is 0.199 e. The van der Waals surface area contributed by atoms with Crippen molar-refractivity contribution in [2.45, 2.75) is 24.8 Å². The van der Waals surface area contributed by atoms with Gasteiger partial charge in [-0.15, -0.1) is 0 Å². The van der Waals surface area contributed by atoms with Crippen molar-refractivity contribution in [2.24, 2.45) is 16.5 Å². The van der Waals surface area contributed by atoms with E-state index in [0.29, 0.717) is 25.7 Å². The molecular formula is C8H16N4O2. The van der Waals surface area contributed by atoms with Gasteiger partial charge in [0.25, 0.3) is 0 Å². The molecule has 2 heterocycles. The van der Waals surface area contributed by atoms with Crippen molar-refractivity contribution >= 4 is 5.96 Å². The topological polar surface area (TPSA) is 94.9 Å². The van der Waals surface area contributed by atoms with E-state index in [1.165, 1.54) is 0 Å². The first-order valence-corrected chi connectivity index (χ1v) is 4.84. The van der Waals surface area contributed by atoms with Gasteiger partial charge < -0.3 is 26.3 Å². The third-order valence-corrected chi connectivity index (χ3v) is 2.47. The van der Waals surface area contributed by atoms with Gasteiger partial charge in [-0.2, -0.15) is 0 Å². The smallest absolute Gasteiger partial charge is 0.199 e. The molecule has 0 unspecified atom stereocenters. The molecule has 0 aromatic rings. The maximum atomic E-state index is 5.68. The van der Waals surface area contributed by atoms with Gasteiger partial charge in [-0.05, 0) is 13.0 Å². The van der Waals surface area contributed by atoms with Crippen LogP contribution in [0.25, 0.3) is 0 Å². The standard InChI is InChI=1S/C8H16N4O2/c9-3-1-2-8-6(11-7(10)12-8)13-4-5-14-8/h6H,1-5,9H2,(H3,10,11,12)/t6-,8+/m1/s1. The Hall–Kier alpha value is -0.850. The Bertz CT molecular complexity index is 245. The number of nitrogens with two attached hydrogens (primary N) is 2. The lowest BCUT2D eigenvalue weighted by Gasteiger charge is -2.37. The average Bonchev–Trinajstić information content (AvgIpc) is 2.51. The number of guanidine groups is 1. The van der Waals surface area contributed by atoms with E-state index in [4.69, 9.17) is 20.9 Å². The molecule has 14 heavy (non-hydrogen) atoms. The highest BCUT2D eigenvalue weighted by Crippen LogP contribution is 2.29. The largest absolute Gasteiger partial charge is 0.370 e. The fraction of sp³-hybridized carbons (Fsp3) is 0.875. The third-order valence-electron chi connectivity index (χ3n) is 2.47. The van der Waals surface area contributed by atoms with Gasteiger partial charge in [-0.3, -0.25) is 0 Å². The molecule has 0 spiro atoms. The molecule has 5 N–H and O–H groups in total. The molecule has 6 heteroatoms. The first kappa shape index (κ1) is 9.70. The van der Waals surface area contributed by atoms with Gasteiger partial charge >= 0.3 is 0 Å². The quantitative estimate of drug-likeness (QED) is 0.527. The minimum atomic E-state index is -0.568. The Kier molecular flexibility index (Phi) is 2.58. The number of ether oxygens (including phenoxy) is 2. The van der Waals surface area contributed by atoms with Crippen molar-refractivity contribution in [3.8, 4) is 0 Å². The predicted octanol–water partition coefficient (Wildman–Crippen LogP) is -1.29. The normalized spacial score (nSPS) is 36.1. The minimum Gasteiger partial charge on any atom is -0.370 e. The number of rotatable bonds is 3. The SMILES string of the molecule is NCCC[C@@]12NC(N)=N[C@@H]1OCCO2. The van der Waals surface area contributed by atoms with Crippen LogP contribution in [0.1, 0.15) is 12.8 Å². The van der Waals surface area contributed by atoms with Gasteiger partial charge in [0.05, 0.1) is 13.2 Å². The van der Waals surface area contributed by atoms with E-state index < -0.39 is 5.72 Å². The van der Waals surface area contributed by atoms with Crippen molar-refractivity contribution in [1.29, 1.82) is 0 Å². The number of nitrogens with zero attached hydrogens (tertiary/aromatic N) is 1. The summed E-state index contributed by atoms with van der Waals surface area (Å²) >= 11 is 0. The summed E-state index contributed by atoms with van der Waals surface area (Å²) in [5.74, 6) is 0.383. The van der Waals surface area contributed by atoms with Crippen LogP contribution >= 0.6 is 0 Å². The van der Waals surface area contributed by atoms with Crippen LogP contribution in [0.5, 0.6) is 0 Å². The van der Waals surface area contributed by atoms with Crippen LogP contribution in [-0.2, 0) is 9.47 Å².